The van der Waals surface area contributed by atoms with Crippen LogP contribution in [-0.4, -0.2) is 97.6 Å². The molecule has 0 atom stereocenters. The molecule has 0 saturated carbocycles. The van der Waals surface area contributed by atoms with E-state index in [4.69, 9.17) is 4.74 Å². The van der Waals surface area contributed by atoms with Crippen molar-refractivity contribution < 1.29 is 14.3 Å². The molecule has 164 valence electrons. The molecule has 0 bridgehead atoms. The Morgan fingerprint density at radius 2 is 1.62 bits per heavy atom. The highest BCUT2D eigenvalue weighted by atomic mass is 16.6. The van der Waals surface area contributed by atoms with Crippen molar-refractivity contribution in [3.05, 3.63) is 11.1 Å². The first kappa shape index (κ1) is 22.2. The number of nitrogens with zero attached hydrogens (tertiary/aromatic N) is 3. The molecule has 1 spiro atoms. The summed E-state index contributed by atoms with van der Waals surface area (Å²) < 4.78 is 5.75. The summed E-state index contributed by atoms with van der Waals surface area (Å²) in [7, 11) is 0. The van der Waals surface area contributed by atoms with Crippen molar-refractivity contribution in [3.8, 4) is 0 Å². The van der Waals surface area contributed by atoms with Crippen LogP contribution in [0.5, 0.6) is 0 Å². The van der Waals surface area contributed by atoms with Gasteiger partial charge in [-0.2, -0.15) is 0 Å². The molecule has 7 nitrogen and oxygen atoms in total. The van der Waals surface area contributed by atoms with Crippen molar-refractivity contribution in [2.24, 2.45) is 0 Å². The predicted octanol–water partition coefficient (Wildman–Crippen LogP) is 1.25. The molecular weight excluding hydrogens is 368 g/mol. The Balaban J connectivity index is 1.46. The molecule has 3 aliphatic rings. The highest BCUT2D eigenvalue weighted by Crippen LogP contribution is 2.40. The van der Waals surface area contributed by atoms with Crippen molar-refractivity contribution in [2.75, 3.05) is 65.4 Å². The smallest absolute Gasteiger partial charge is 0.335 e. The number of carbonyl (C=O) groups excluding carboxylic acids is 2. The van der Waals surface area contributed by atoms with Crippen LogP contribution in [0.15, 0.2) is 11.1 Å². The van der Waals surface area contributed by atoms with E-state index < -0.39 is 5.60 Å². The van der Waals surface area contributed by atoms with Crippen LogP contribution in [0.2, 0.25) is 0 Å². The molecule has 29 heavy (non-hydrogen) atoms. The van der Waals surface area contributed by atoms with Gasteiger partial charge in [0.25, 0.3) is 5.91 Å². The number of amides is 1. The molecule has 0 radical (unpaired) electrons. The van der Waals surface area contributed by atoms with Gasteiger partial charge in [-0.3, -0.25) is 4.79 Å². The largest absolute Gasteiger partial charge is 0.450 e. The number of hydrogen-bond donors (Lipinski definition) is 1. The van der Waals surface area contributed by atoms with Crippen LogP contribution in [0.1, 0.15) is 46.5 Å². The Morgan fingerprint density at radius 1 is 1.00 bits per heavy atom. The summed E-state index contributed by atoms with van der Waals surface area (Å²) in [5, 5.41) is 3.06. The summed E-state index contributed by atoms with van der Waals surface area (Å²) in [6.45, 7) is 16.1. The van der Waals surface area contributed by atoms with Gasteiger partial charge in [0, 0.05) is 64.2 Å². The fourth-order valence-corrected chi connectivity index (χ4v) is 4.85. The fourth-order valence-electron chi connectivity index (χ4n) is 4.85. The highest BCUT2D eigenvalue weighted by Gasteiger charge is 2.50. The highest BCUT2D eigenvalue weighted by molar-refractivity contribution is 6.07. The predicted molar refractivity (Wildman–Crippen MR) is 114 cm³/mol. The lowest BCUT2D eigenvalue weighted by Crippen LogP contribution is -2.49. The number of hydrogen-bond acceptors (Lipinski definition) is 6. The van der Waals surface area contributed by atoms with E-state index in [-0.39, 0.29) is 11.9 Å². The molecule has 1 N–H and O–H groups in total. The van der Waals surface area contributed by atoms with E-state index >= 15 is 0 Å². The molecule has 1 amide bonds. The lowest BCUT2D eigenvalue weighted by atomic mass is 9.82. The van der Waals surface area contributed by atoms with Gasteiger partial charge in [-0.1, -0.05) is 13.8 Å². The number of carbonyl (C=O) groups is 2. The molecule has 2 fully saturated rings. The van der Waals surface area contributed by atoms with E-state index in [9.17, 15) is 9.59 Å². The van der Waals surface area contributed by atoms with Crippen LogP contribution < -0.4 is 5.32 Å². The third-order valence-electron chi connectivity index (χ3n) is 6.70. The zero-order valence-corrected chi connectivity index (χ0v) is 18.5. The number of rotatable bonds is 8. The maximum Gasteiger partial charge on any atom is 0.335 e. The molecule has 2 saturated heterocycles. The monoisotopic (exact) mass is 406 g/mol. The van der Waals surface area contributed by atoms with Gasteiger partial charge in [-0.25, -0.2) is 4.79 Å². The molecule has 0 unspecified atom stereocenters. The number of nitrogens with one attached hydrogen (secondary N) is 1. The molecule has 3 aliphatic heterocycles. The van der Waals surface area contributed by atoms with Crippen LogP contribution in [0.3, 0.4) is 0 Å². The van der Waals surface area contributed by atoms with Crippen molar-refractivity contribution in [1.82, 2.24) is 20.0 Å². The van der Waals surface area contributed by atoms with Gasteiger partial charge < -0.3 is 24.8 Å². The summed E-state index contributed by atoms with van der Waals surface area (Å²) in [6, 6.07) is 0. The minimum atomic E-state index is -0.716. The van der Waals surface area contributed by atoms with E-state index in [1.54, 1.807) is 6.92 Å². The number of esters is 1. The summed E-state index contributed by atoms with van der Waals surface area (Å²) in [5.41, 5.74) is 0.345. The first-order valence-electron chi connectivity index (χ1n) is 11.4. The van der Waals surface area contributed by atoms with Crippen molar-refractivity contribution in [3.63, 3.8) is 0 Å². The number of ether oxygens (including phenoxy) is 1. The minimum Gasteiger partial charge on any atom is -0.450 e. The second-order valence-corrected chi connectivity index (χ2v) is 8.61. The van der Waals surface area contributed by atoms with Gasteiger partial charge >= 0.3 is 5.97 Å². The molecule has 7 heteroatoms. The second kappa shape index (κ2) is 10.0. The summed E-state index contributed by atoms with van der Waals surface area (Å²) in [4.78, 5) is 32.5. The SMILES string of the molecule is CCCN1CCN(CCCNC(=O)C2=C(C)C(=O)OC23CCN(CC)CC3)CC1. The van der Waals surface area contributed by atoms with Gasteiger partial charge in [-0.15, -0.1) is 0 Å². The molecule has 0 aromatic carbocycles. The molecule has 0 aromatic rings. The summed E-state index contributed by atoms with van der Waals surface area (Å²) in [5.74, 6) is -0.448. The fraction of sp³-hybridized carbons (Fsp3) is 0.818. The number of piperazine rings is 1. The van der Waals surface area contributed by atoms with E-state index in [1.807, 2.05) is 0 Å². The van der Waals surface area contributed by atoms with E-state index in [0.717, 1.165) is 58.8 Å². The van der Waals surface area contributed by atoms with Crippen LogP contribution in [-0.2, 0) is 14.3 Å². The maximum absolute atomic E-state index is 13.0. The van der Waals surface area contributed by atoms with Gasteiger partial charge in [0.2, 0.25) is 0 Å². The van der Waals surface area contributed by atoms with Crippen molar-refractivity contribution >= 4 is 11.9 Å². The first-order chi connectivity index (χ1) is 14.0. The van der Waals surface area contributed by atoms with Gasteiger partial charge in [0.05, 0.1) is 5.57 Å². The summed E-state index contributed by atoms with van der Waals surface area (Å²) >= 11 is 0. The number of likely N-dealkylation sites (tertiary alicyclic amines) is 1. The Hall–Kier alpha value is -1.44. The van der Waals surface area contributed by atoms with E-state index in [2.05, 4.69) is 33.9 Å². The quantitative estimate of drug-likeness (QED) is 0.483. The third-order valence-corrected chi connectivity index (χ3v) is 6.70. The van der Waals surface area contributed by atoms with E-state index in [1.165, 1.54) is 13.0 Å². The third kappa shape index (κ3) is 5.19. The zero-order valence-electron chi connectivity index (χ0n) is 18.5. The first-order valence-corrected chi connectivity index (χ1v) is 11.4. The Morgan fingerprint density at radius 3 is 2.21 bits per heavy atom. The maximum atomic E-state index is 13.0. The lowest BCUT2D eigenvalue weighted by molar-refractivity contribution is -0.150. The lowest BCUT2D eigenvalue weighted by Gasteiger charge is -2.39. The van der Waals surface area contributed by atoms with Gasteiger partial charge in [-0.05, 0) is 39.4 Å². The normalized spacial score (nSPS) is 23.6. The molecular formula is C22H38N4O3. The van der Waals surface area contributed by atoms with Crippen LogP contribution in [0, 0.1) is 0 Å². The van der Waals surface area contributed by atoms with Crippen LogP contribution in [0.4, 0.5) is 0 Å². The molecule has 3 heterocycles. The molecule has 0 aliphatic carbocycles. The average Bonchev–Trinajstić information content (AvgIpc) is 2.97. The summed E-state index contributed by atoms with van der Waals surface area (Å²) in [6.07, 6.45) is 3.55. The van der Waals surface area contributed by atoms with Gasteiger partial charge in [0.15, 0.2) is 0 Å². The second-order valence-electron chi connectivity index (χ2n) is 8.61. The van der Waals surface area contributed by atoms with Crippen LogP contribution in [0.25, 0.3) is 0 Å². The topological polar surface area (TPSA) is 65.1 Å². The average molecular weight is 407 g/mol. The Bertz CT molecular complexity index is 618. The zero-order chi connectivity index (χ0) is 20.9. The Labute approximate surface area is 175 Å². The van der Waals surface area contributed by atoms with E-state index in [0.29, 0.717) is 30.5 Å². The van der Waals surface area contributed by atoms with Crippen molar-refractivity contribution in [1.29, 1.82) is 0 Å². The number of piperidine rings is 1. The standard InChI is InChI=1S/C22H38N4O3/c1-4-10-25-14-16-26(17-15-25)11-6-9-23-20(27)19-18(3)21(28)29-22(19)7-12-24(5-2)13-8-22/h4-17H2,1-3H3,(H,23,27). The van der Waals surface area contributed by atoms with Crippen molar-refractivity contribution in [2.45, 2.75) is 52.1 Å². The Kier molecular flexibility index (Phi) is 7.71. The van der Waals surface area contributed by atoms with Crippen LogP contribution >= 0.6 is 0 Å². The minimum absolute atomic E-state index is 0.119. The molecule has 0 aromatic heterocycles. The molecule has 3 rings (SSSR count). The van der Waals surface area contributed by atoms with Gasteiger partial charge in [0.1, 0.15) is 5.60 Å².